The lowest BCUT2D eigenvalue weighted by Gasteiger charge is -2.36. The van der Waals surface area contributed by atoms with Crippen LogP contribution >= 0.6 is 0 Å². The number of aryl methyl sites for hydroxylation is 2. The summed E-state index contributed by atoms with van der Waals surface area (Å²) in [7, 11) is 0. The van der Waals surface area contributed by atoms with E-state index in [0.717, 1.165) is 43.9 Å². The van der Waals surface area contributed by atoms with Gasteiger partial charge in [-0.25, -0.2) is 14.2 Å². The van der Waals surface area contributed by atoms with E-state index < -0.39 is 17.2 Å². The first kappa shape index (κ1) is 32.7. The number of benzene rings is 2. The SMILES string of the molecule is CCCCCCCCCCCCn1c(CN2CCN(c3cc4c(cc3F)c(=O)c(C(=O)O)cn4CC)CC2)nc2ccccc21. The normalized spacial score (nSPS) is 14.2. The van der Waals surface area contributed by atoms with Gasteiger partial charge >= 0.3 is 5.97 Å². The van der Waals surface area contributed by atoms with Gasteiger partial charge in [0, 0.05) is 50.9 Å². The average Bonchev–Trinajstić information content (AvgIpc) is 3.39. The molecule has 4 aromatic rings. The van der Waals surface area contributed by atoms with E-state index in [0.29, 0.717) is 30.8 Å². The highest BCUT2D eigenvalue weighted by atomic mass is 19.1. The van der Waals surface area contributed by atoms with E-state index in [2.05, 4.69) is 34.6 Å². The van der Waals surface area contributed by atoms with E-state index in [1.165, 1.54) is 75.6 Å². The zero-order valence-corrected chi connectivity index (χ0v) is 26.9. The first-order chi connectivity index (χ1) is 21.9. The van der Waals surface area contributed by atoms with E-state index in [1.54, 1.807) is 10.6 Å². The summed E-state index contributed by atoms with van der Waals surface area (Å²) in [5.41, 5.74) is 2.22. The summed E-state index contributed by atoms with van der Waals surface area (Å²) >= 11 is 0. The Hall–Kier alpha value is -3.72. The summed E-state index contributed by atoms with van der Waals surface area (Å²) in [5.74, 6) is -0.725. The smallest absolute Gasteiger partial charge is 0.341 e. The number of nitrogens with zero attached hydrogens (tertiary/aromatic N) is 5. The van der Waals surface area contributed by atoms with E-state index in [9.17, 15) is 14.7 Å². The van der Waals surface area contributed by atoms with Crippen LogP contribution < -0.4 is 10.3 Å². The number of imidazole rings is 1. The van der Waals surface area contributed by atoms with Gasteiger partial charge in [0.2, 0.25) is 5.43 Å². The number of carboxylic acids is 1. The van der Waals surface area contributed by atoms with E-state index in [-0.39, 0.29) is 10.9 Å². The zero-order valence-electron chi connectivity index (χ0n) is 26.9. The average molecular weight is 618 g/mol. The maximum absolute atomic E-state index is 15.4. The van der Waals surface area contributed by atoms with E-state index in [1.807, 2.05) is 17.9 Å². The number of carboxylic acid groups (broad SMARTS) is 1. The van der Waals surface area contributed by atoms with Crippen LogP contribution in [0.2, 0.25) is 0 Å². The minimum absolute atomic E-state index is 0.0953. The number of rotatable bonds is 16. The van der Waals surface area contributed by atoms with Crippen molar-refractivity contribution in [3.63, 3.8) is 0 Å². The molecule has 0 unspecified atom stereocenters. The molecular formula is C36H48FN5O3. The van der Waals surface area contributed by atoms with Gasteiger partial charge in [-0.15, -0.1) is 0 Å². The molecule has 2 aromatic heterocycles. The highest BCUT2D eigenvalue weighted by molar-refractivity contribution is 5.93. The minimum atomic E-state index is -1.30. The third-order valence-corrected chi connectivity index (χ3v) is 9.27. The van der Waals surface area contributed by atoms with Gasteiger partial charge in [-0.3, -0.25) is 9.69 Å². The van der Waals surface area contributed by atoms with Gasteiger partial charge in [-0.1, -0.05) is 76.8 Å². The van der Waals surface area contributed by atoms with Crippen LogP contribution in [0.3, 0.4) is 0 Å². The molecule has 1 aliphatic rings. The van der Waals surface area contributed by atoms with Gasteiger partial charge in [0.25, 0.3) is 0 Å². The molecule has 45 heavy (non-hydrogen) atoms. The molecule has 0 saturated carbocycles. The Balaban J connectivity index is 1.21. The Morgan fingerprint density at radius 1 is 0.889 bits per heavy atom. The molecule has 3 heterocycles. The number of aromatic carboxylic acids is 1. The second-order valence-electron chi connectivity index (χ2n) is 12.4. The molecule has 1 fully saturated rings. The summed E-state index contributed by atoms with van der Waals surface area (Å²) in [5, 5.41) is 9.54. The van der Waals surface area contributed by atoms with E-state index in [4.69, 9.17) is 4.98 Å². The molecule has 0 amide bonds. The van der Waals surface area contributed by atoms with Gasteiger partial charge in [0.05, 0.1) is 28.8 Å². The Morgan fingerprint density at radius 2 is 1.56 bits per heavy atom. The van der Waals surface area contributed by atoms with Crippen molar-refractivity contribution in [1.29, 1.82) is 0 Å². The lowest BCUT2D eigenvalue weighted by Crippen LogP contribution is -2.46. The van der Waals surface area contributed by atoms with Crippen molar-refractivity contribution in [2.75, 3.05) is 31.1 Å². The summed E-state index contributed by atoms with van der Waals surface area (Å²) < 4.78 is 19.5. The highest BCUT2D eigenvalue weighted by Crippen LogP contribution is 2.27. The van der Waals surface area contributed by atoms with Crippen LogP contribution in [-0.2, 0) is 19.6 Å². The summed E-state index contributed by atoms with van der Waals surface area (Å²) in [4.78, 5) is 33.8. The molecule has 5 rings (SSSR count). The Morgan fingerprint density at radius 3 is 2.22 bits per heavy atom. The van der Waals surface area contributed by atoms with Crippen molar-refractivity contribution in [3.05, 3.63) is 70.0 Å². The maximum Gasteiger partial charge on any atom is 0.341 e. The number of hydrogen-bond donors (Lipinski definition) is 1. The number of carbonyl (C=O) groups is 1. The molecule has 1 N–H and O–H groups in total. The van der Waals surface area contributed by atoms with Crippen LogP contribution in [0, 0.1) is 5.82 Å². The monoisotopic (exact) mass is 617 g/mol. The lowest BCUT2D eigenvalue weighted by molar-refractivity contribution is 0.0695. The summed E-state index contributed by atoms with van der Waals surface area (Å²) in [6.45, 7) is 9.13. The Kier molecular flexibility index (Phi) is 11.3. The maximum atomic E-state index is 15.4. The molecule has 242 valence electrons. The Bertz CT molecular complexity index is 1650. The second kappa shape index (κ2) is 15.5. The molecule has 0 radical (unpaired) electrons. The molecule has 2 aromatic carbocycles. The van der Waals surface area contributed by atoms with Crippen LogP contribution in [0.25, 0.3) is 21.9 Å². The quantitative estimate of drug-likeness (QED) is 0.132. The minimum Gasteiger partial charge on any atom is -0.477 e. The molecule has 9 heteroatoms. The van der Waals surface area contributed by atoms with Crippen molar-refractivity contribution >= 4 is 33.6 Å². The first-order valence-electron chi connectivity index (χ1n) is 16.9. The van der Waals surface area contributed by atoms with Gasteiger partial charge in [-0.05, 0) is 37.6 Å². The number of aromatic nitrogens is 3. The van der Waals surface area contributed by atoms with Gasteiger partial charge < -0.3 is 19.1 Å². The predicted octanol–water partition coefficient (Wildman–Crippen LogP) is 7.45. The molecule has 1 aliphatic heterocycles. The molecule has 0 atom stereocenters. The number of fused-ring (bicyclic) bond motifs is 2. The molecule has 0 spiro atoms. The van der Waals surface area contributed by atoms with Crippen molar-refractivity contribution < 1.29 is 14.3 Å². The van der Waals surface area contributed by atoms with Crippen molar-refractivity contribution in [3.8, 4) is 0 Å². The number of para-hydroxylation sites is 2. The fraction of sp³-hybridized carbons (Fsp3) is 0.528. The molecule has 8 nitrogen and oxygen atoms in total. The number of pyridine rings is 1. The van der Waals surface area contributed by atoms with Crippen LogP contribution in [0.5, 0.6) is 0 Å². The highest BCUT2D eigenvalue weighted by Gasteiger charge is 2.24. The molecule has 0 bridgehead atoms. The zero-order chi connectivity index (χ0) is 31.8. The summed E-state index contributed by atoms with van der Waals surface area (Å²) in [6, 6.07) is 11.3. The standard InChI is InChI=1S/C36H48FN5O3/c1-3-5-6-7-8-9-10-11-12-15-18-42-31-17-14-13-16-30(31)38-34(42)26-39-19-21-41(22-20-39)33-24-32-27(23-29(33)37)35(43)28(36(44)45)25-40(32)4-2/h13-14,16-17,23-25H,3-12,15,18-22,26H2,1-2H3,(H,44,45). The van der Waals surface area contributed by atoms with Crippen LogP contribution in [0.15, 0.2) is 47.4 Å². The van der Waals surface area contributed by atoms with Gasteiger partial charge in [0.15, 0.2) is 0 Å². The predicted molar refractivity (Wildman–Crippen MR) is 180 cm³/mol. The van der Waals surface area contributed by atoms with Crippen LogP contribution in [0.4, 0.5) is 10.1 Å². The largest absolute Gasteiger partial charge is 0.477 e. The third-order valence-electron chi connectivity index (χ3n) is 9.27. The number of halogens is 1. The van der Waals surface area contributed by atoms with Gasteiger partial charge in [0.1, 0.15) is 17.2 Å². The third kappa shape index (κ3) is 7.75. The Labute approximate surface area is 265 Å². The van der Waals surface area contributed by atoms with Crippen LogP contribution in [0.1, 0.15) is 94.2 Å². The number of hydrogen-bond acceptors (Lipinski definition) is 5. The first-order valence-corrected chi connectivity index (χ1v) is 16.9. The number of unbranched alkanes of at least 4 members (excludes halogenated alkanes) is 9. The molecule has 0 aliphatic carbocycles. The molecular weight excluding hydrogens is 569 g/mol. The second-order valence-corrected chi connectivity index (χ2v) is 12.4. The fourth-order valence-electron chi connectivity index (χ4n) is 6.66. The van der Waals surface area contributed by atoms with Crippen molar-refractivity contribution in [2.24, 2.45) is 0 Å². The summed E-state index contributed by atoms with van der Waals surface area (Å²) in [6.07, 6.45) is 14.5. The van der Waals surface area contributed by atoms with E-state index >= 15 is 4.39 Å². The van der Waals surface area contributed by atoms with Crippen molar-refractivity contribution in [2.45, 2.75) is 97.7 Å². The lowest BCUT2D eigenvalue weighted by atomic mass is 10.1. The van der Waals surface area contributed by atoms with Crippen LogP contribution in [-0.4, -0.2) is 56.3 Å². The molecule has 1 saturated heterocycles. The van der Waals surface area contributed by atoms with Crippen molar-refractivity contribution in [1.82, 2.24) is 19.0 Å². The number of piperazine rings is 1. The van der Waals surface area contributed by atoms with Gasteiger partial charge in [-0.2, -0.15) is 0 Å². The fourth-order valence-corrected chi connectivity index (χ4v) is 6.66. The topological polar surface area (TPSA) is 83.6 Å². The number of anilines is 1.